The highest BCUT2D eigenvalue weighted by Crippen LogP contribution is 2.35. The van der Waals surface area contributed by atoms with E-state index in [1.54, 1.807) is 12.1 Å². The molecular weight excluding hydrogens is 672 g/mol. The van der Waals surface area contributed by atoms with Gasteiger partial charge in [0.25, 0.3) is 21.5 Å². The molecule has 0 saturated carbocycles. The maximum Gasteiger partial charge on any atom is 0.273 e. The van der Waals surface area contributed by atoms with E-state index in [1.807, 2.05) is 9.80 Å². The number of fused-ring (bicyclic) bond motifs is 2. The molecule has 20 heteroatoms. The Morgan fingerprint density at radius 2 is 1.27 bits per heavy atom. The Morgan fingerprint density at radius 3 is 1.67 bits per heavy atom. The monoisotopic (exact) mass is 718 g/mol. The number of nitrogens with zero attached hydrogens (tertiary/aromatic N) is 5. The van der Waals surface area contributed by atoms with Gasteiger partial charge in [0, 0.05) is 57.9 Å². The quantitative estimate of drug-likeness (QED) is 0.0593. The van der Waals surface area contributed by atoms with Crippen molar-refractivity contribution in [2.75, 3.05) is 121 Å². The first-order chi connectivity index (χ1) is 23.4. The largest absolute Gasteiger partial charge is 0.489 e. The van der Waals surface area contributed by atoms with Gasteiger partial charge in [0.05, 0.1) is 85.7 Å². The fourth-order valence-electron chi connectivity index (χ4n) is 4.69. The molecule has 0 spiro atoms. The first kappa shape index (κ1) is 41.3. The van der Waals surface area contributed by atoms with Crippen molar-refractivity contribution < 1.29 is 52.3 Å². The van der Waals surface area contributed by atoms with Crippen molar-refractivity contribution >= 4 is 32.9 Å². The van der Waals surface area contributed by atoms with E-state index < -0.39 is 20.0 Å². The molecule has 2 aromatic rings. The van der Waals surface area contributed by atoms with Crippen molar-refractivity contribution in [1.82, 2.24) is 10.2 Å². The summed E-state index contributed by atoms with van der Waals surface area (Å²) >= 11 is 0. The number of nitro benzene ring substituents is 2. The number of hydrogen-bond acceptors (Lipinski definition) is 17. The molecule has 4 rings (SSSR count). The number of ether oxygens (including phenoxy) is 2. The third-order valence-electron chi connectivity index (χ3n) is 6.98. The molecule has 0 bridgehead atoms. The van der Waals surface area contributed by atoms with Gasteiger partial charge in [-0.25, -0.2) is 0 Å². The van der Waals surface area contributed by atoms with Crippen LogP contribution in [0.2, 0.25) is 0 Å². The average Bonchev–Trinajstić information content (AvgIpc) is 3.07. The normalized spacial score (nSPS) is 13.5. The number of non-ortho nitro benzene ring substituents is 2. The Bertz CT molecular complexity index is 1410. The van der Waals surface area contributed by atoms with E-state index in [9.17, 15) is 28.6 Å². The van der Waals surface area contributed by atoms with Crippen LogP contribution in [0.1, 0.15) is 0 Å². The van der Waals surface area contributed by atoms with Crippen molar-refractivity contribution in [2.24, 2.45) is 0 Å². The standard InChI is InChI=1S/C14H21N3O5.C11H14N2O6S.C4H11NO2/c18-8-5-15(6-9-19)3-4-16-7-10-22-14-11-12(17(20)21)1-2-13(14)16;1-20(16,17)19-7-5-12-4-6-18-11-8-9(13(14)15)2-3-10(11)12;6-3-1-5-2-4-7/h1-2,11,18-19H,3-10H2;2-3,8H,4-7H2,1H3;5-7H,1-4H2. The van der Waals surface area contributed by atoms with Gasteiger partial charge in [0.1, 0.15) is 24.7 Å². The van der Waals surface area contributed by atoms with Crippen LogP contribution < -0.4 is 24.6 Å². The number of nitrogens with one attached hydrogen (secondary N) is 1. The summed E-state index contributed by atoms with van der Waals surface area (Å²) in [6.07, 6.45) is 0.990. The molecule has 0 radical (unpaired) electrons. The van der Waals surface area contributed by atoms with Crippen LogP contribution in [0.4, 0.5) is 22.7 Å². The van der Waals surface area contributed by atoms with Crippen LogP contribution in [0.15, 0.2) is 36.4 Å². The average molecular weight is 719 g/mol. The van der Waals surface area contributed by atoms with Crippen molar-refractivity contribution in [3.05, 3.63) is 56.6 Å². The first-order valence-electron chi connectivity index (χ1n) is 15.5. The molecule has 0 aromatic heterocycles. The topological polar surface area (TPSA) is 251 Å². The Balaban J connectivity index is 0.000000286. The van der Waals surface area contributed by atoms with Gasteiger partial charge in [-0.3, -0.25) is 29.3 Å². The molecule has 2 aromatic carbocycles. The predicted molar refractivity (Wildman–Crippen MR) is 180 cm³/mol. The SMILES string of the molecule is CS(=O)(=O)OCCN1CCOc2cc([N+](=O)[O-])ccc21.O=[N+]([O-])c1ccc2c(c1)OCCN2CCN(CCO)CCO.OCCNCCO. The van der Waals surface area contributed by atoms with Crippen molar-refractivity contribution in [1.29, 1.82) is 0 Å². The molecule has 2 aliphatic heterocycles. The Morgan fingerprint density at radius 1 is 0.796 bits per heavy atom. The summed E-state index contributed by atoms with van der Waals surface area (Å²) in [5, 5.41) is 58.6. The molecule has 0 atom stereocenters. The van der Waals surface area contributed by atoms with Gasteiger partial charge in [-0.15, -0.1) is 0 Å². The molecule has 5 N–H and O–H groups in total. The number of nitro groups is 2. The summed E-state index contributed by atoms with van der Waals surface area (Å²) in [6.45, 7) is 6.45. The molecular formula is C29H46N6O13S. The smallest absolute Gasteiger partial charge is 0.273 e. The van der Waals surface area contributed by atoms with E-state index in [0.29, 0.717) is 89.3 Å². The van der Waals surface area contributed by atoms with Crippen LogP contribution in [-0.4, -0.2) is 155 Å². The highest BCUT2D eigenvalue weighted by Gasteiger charge is 2.22. The van der Waals surface area contributed by atoms with E-state index in [1.165, 1.54) is 24.3 Å². The van der Waals surface area contributed by atoms with Gasteiger partial charge in [-0.2, -0.15) is 8.42 Å². The fraction of sp³-hybridized carbons (Fsp3) is 0.586. The van der Waals surface area contributed by atoms with E-state index in [4.69, 9.17) is 34.1 Å². The van der Waals surface area contributed by atoms with Gasteiger partial charge in [0.2, 0.25) is 0 Å². The van der Waals surface area contributed by atoms with Gasteiger partial charge >= 0.3 is 0 Å². The van der Waals surface area contributed by atoms with Crippen LogP contribution in [0, 0.1) is 20.2 Å². The molecule has 0 amide bonds. The zero-order valence-electron chi connectivity index (χ0n) is 27.4. The van der Waals surface area contributed by atoms with Crippen molar-refractivity contribution in [3.63, 3.8) is 0 Å². The number of hydrogen-bond donors (Lipinski definition) is 5. The molecule has 2 heterocycles. The summed E-state index contributed by atoms with van der Waals surface area (Å²) in [7, 11) is -3.47. The first-order valence-corrected chi connectivity index (χ1v) is 17.3. The van der Waals surface area contributed by atoms with E-state index >= 15 is 0 Å². The number of aliphatic hydroxyl groups excluding tert-OH is 4. The zero-order valence-corrected chi connectivity index (χ0v) is 28.2. The van der Waals surface area contributed by atoms with Crippen LogP contribution >= 0.6 is 0 Å². The summed E-state index contributed by atoms with van der Waals surface area (Å²) < 4.78 is 37.4. The van der Waals surface area contributed by atoms with Crippen LogP contribution in [0.25, 0.3) is 0 Å². The molecule has 0 fully saturated rings. The summed E-state index contributed by atoms with van der Waals surface area (Å²) in [6, 6.07) is 8.96. The lowest BCUT2D eigenvalue weighted by molar-refractivity contribution is -0.385. The second-order valence-electron chi connectivity index (χ2n) is 10.5. The second kappa shape index (κ2) is 22.0. The second-order valence-corrected chi connectivity index (χ2v) is 12.1. The molecule has 0 saturated heterocycles. The molecule has 2 aliphatic rings. The number of aliphatic hydroxyl groups is 4. The Labute approximate surface area is 284 Å². The summed E-state index contributed by atoms with van der Waals surface area (Å²) in [4.78, 5) is 26.5. The molecule has 19 nitrogen and oxygen atoms in total. The fourth-order valence-corrected chi connectivity index (χ4v) is 5.06. The summed E-state index contributed by atoms with van der Waals surface area (Å²) in [5.41, 5.74) is 1.50. The minimum atomic E-state index is -3.47. The lowest BCUT2D eigenvalue weighted by Gasteiger charge is -2.33. The highest BCUT2D eigenvalue weighted by atomic mass is 32.2. The van der Waals surface area contributed by atoms with Crippen LogP contribution in [-0.2, 0) is 14.3 Å². The van der Waals surface area contributed by atoms with Crippen molar-refractivity contribution in [3.8, 4) is 11.5 Å². The van der Waals surface area contributed by atoms with Crippen LogP contribution in [0.3, 0.4) is 0 Å². The Hall–Kier alpha value is -3.89. The van der Waals surface area contributed by atoms with Gasteiger partial charge in [-0.1, -0.05) is 0 Å². The molecule has 49 heavy (non-hydrogen) atoms. The third kappa shape index (κ3) is 15.0. The lowest BCUT2D eigenvalue weighted by atomic mass is 10.2. The third-order valence-corrected chi connectivity index (χ3v) is 7.58. The minimum absolute atomic E-state index is 0.0165. The van der Waals surface area contributed by atoms with E-state index in [2.05, 4.69) is 10.2 Å². The maximum atomic E-state index is 10.9. The predicted octanol–water partition coefficient (Wildman–Crippen LogP) is -0.589. The lowest BCUT2D eigenvalue weighted by Crippen LogP contribution is -2.41. The van der Waals surface area contributed by atoms with Crippen molar-refractivity contribution in [2.45, 2.75) is 0 Å². The van der Waals surface area contributed by atoms with Gasteiger partial charge in [0.15, 0.2) is 0 Å². The Kier molecular flexibility index (Phi) is 18.5. The van der Waals surface area contributed by atoms with Crippen LogP contribution in [0.5, 0.6) is 11.5 Å². The molecule has 0 unspecified atom stereocenters. The minimum Gasteiger partial charge on any atom is -0.489 e. The number of benzene rings is 2. The number of anilines is 2. The van der Waals surface area contributed by atoms with E-state index in [-0.39, 0.29) is 44.4 Å². The molecule has 0 aliphatic carbocycles. The number of rotatable bonds is 17. The maximum absolute atomic E-state index is 10.9. The molecule has 276 valence electrons. The zero-order chi connectivity index (χ0) is 36.2. The summed E-state index contributed by atoms with van der Waals surface area (Å²) in [5.74, 6) is 0.945. The van der Waals surface area contributed by atoms with Gasteiger partial charge < -0.3 is 45.0 Å². The van der Waals surface area contributed by atoms with E-state index in [0.717, 1.165) is 11.9 Å². The van der Waals surface area contributed by atoms with Gasteiger partial charge in [-0.05, 0) is 12.1 Å². The highest BCUT2D eigenvalue weighted by molar-refractivity contribution is 7.85.